The number of rotatable bonds is 12. The van der Waals surface area contributed by atoms with Crippen molar-refractivity contribution in [3.8, 4) is 11.5 Å². The van der Waals surface area contributed by atoms with Gasteiger partial charge in [-0.05, 0) is 81.3 Å². The molecule has 32 heavy (non-hydrogen) atoms. The highest BCUT2D eigenvalue weighted by Gasteiger charge is 2.30. The summed E-state index contributed by atoms with van der Waals surface area (Å²) in [5.74, 6) is 1.71. The lowest BCUT2D eigenvalue weighted by molar-refractivity contribution is 0.137. The predicted octanol–water partition coefficient (Wildman–Crippen LogP) is 8.72. The maximum absolute atomic E-state index is 14.1. The van der Waals surface area contributed by atoms with Crippen molar-refractivity contribution in [3.05, 3.63) is 23.8 Å². The molecule has 0 radical (unpaired) electrons. The summed E-state index contributed by atoms with van der Waals surface area (Å²) < 4.78 is 38.7. The lowest BCUT2D eigenvalue weighted by Gasteiger charge is -2.38. The molecule has 0 aromatic heterocycles. The molecule has 1 aromatic rings. The van der Waals surface area contributed by atoms with E-state index >= 15 is 0 Å². The van der Waals surface area contributed by atoms with Crippen LogP contribution in [0.15, 0.2) is 12.1 Å². The Kier molecular flexibility index (Phi) is 10.6. The van der Waals surface area contributed by atoms with E-state index in [1.54, 1.807) is 6.92 Å². The molecular weight excluding hydrogens is 406 g/mol. The van der Waals surface area contributed by atoms with Crippen LogP contribution in [0.5, 0.6) is 11.5 Å². The fourth-order valence-electron chi connectivity index (χ4n) is 6.03. The van der Waals surface area contributed by atoms with E-state index < -0.39 is 11.6 Å². The first kappa shape index (κ1) is 25.3. The minimum Gasteiger partial charge on any atom is -0.491 e. The summed E-state index contributed by atoms with van der Waals surface area (Å²) >= 11 is 0. The van der Waals surface area contributed by atoms with Crippen LogP contribution in [0.25, 0.3) is 0 Å². The summed E-state index contributed by atoms with van der Waals surface area (Å²) in [6.07, 6.45) is 18.9. The Bertz CT molecular complexity index is 662. The molecule has 4 heteroatoms. The maximum Gasteiger partial charge on any atom is 0.204 e. The number of hydrogen-bond donors (Lipinski definition) is 0. The fraction of sp³-hybridized carbons (Fsp3) is 0.786. The number of ether oxygens (including phenoxy) is 2. The number of benzene rings is 1. The first-order valence-corrected chi connectivity index (χ1v) is 13.4. The minimum atomic E-state index is -0.960. The van der Waals surface area contributed by atoms with Crippen molar-refractivity contribution < 1.29 is 18.3 Å². The first-order chi connectivity index (χ1) is 15.6. The van der Waals surface area contributed by atoms with Crippen molar-refractivity contribution in [2.75, 3.05) is 13.2 Å². The first-order valence-electron chi connectivity index (χ1n) is 13.4. The van der Waals surface area contributed by atoms with Crippen LogP contribution in [-0.4, -0.2) is 13.2 Å². The smallest absolute Gasteiger partial charge is 0.204 e. The van der Waals surface area contributed by atoms with Gasteiger partial charge in [-0.3, -0.25) is 0 Å². The van der Waals surface area contributed by atoms with Crippen molar-refractivity contribution in [1.29, 1.82) is 0 Å². The Balaban J connectivity index is 1.30. The molecule has 182 valence electrons. The molecule has 0 saturated heterocycles. The van der Waals surface area contributed by atoms with E-state index in [9.17, 15) is 8.78 Å². The van der Waals surface area contributed by atoms with Crippen LogP contribution in [0.3, 0.4) is 0 Å². The average molecular weight is 451 g/mol. The van der Waals surface area contributed by atoms with E-state index in [1.807, 2.05) is 0 Å². The molecule has 0 unspecified atom stereocenters. The SMILES string of the molecule is CCCCCC1CCC(C2CCC(CCCOc3ccc(OCC)c(F)c3F)CC2)CC1. The quantitative estimate of drug-likeness (QED) is 0.296. The predicted molar refractivity (Wildman–Crippen MR) is 127 cm³/mol. The molecule has 2 nitrogen and oxygen atoms in total. The third-order valence-corrected chi connectivity index (χ3v) is 7.99. The molecule has 2 aliphatic carbocycles. The monoisotopic (exact) mass is 450 g/mol. The van der Waals surface area contributed by atoms with E-state index in [-0.39, 0.29) is 11.5 Å². The highest BCUT2D eigenvalue weighted by atomic mass is 19.2. The number of unbranched alkanes of at least 4 members (excludes halogenated alkanes) is 2. The Labute approximate surface area is 194 Å². The standard InChI is InChI=1S/C28H44F2O2/c1-3-5-6-8-21-10-14-23(15-11-21)24-16-12-22(13-17-24)9-7-20-32-26-19-18-25(31-4-2)27(29)28(26)30/h18-19,21-24H,3-17,20H2,1-2H3. The topological polar surface area (TPSA) is 18.5 Å². The van der Waals surface area contributed by atoms with E-state index in [2.05, 4.69) is 6.92 Å². The van der Waals surface area contributed by atoms with Crippen molar-refractivity contribution in [2.24, 2.45) is 23.7 Å². The highest BCUT2D eigenvalue weighted by molar-refractivity contribution is 5.35. The van der Waals surface area contributed by atoms with Crippen molar-refractivity contribution in [1.82, 2.24) is 0 Å². The fourth-order valence-corrected chi connectivity index (χ4v) is 6.03. The number of halogens is 2. The van der Waals surface area contributed by atoms with Crippen LogP contribution >= 0.6 is 0 Å². The van der Waals surface area contributed by atoms with E-state index in [4.69, 9.17) is 9.47 Å². The zero-order valence-electron chi connectivity index (χ0n) is 20.4. The van der Waals surface area contributed by atoms with Crippen LogP contribution < -0.4 is 9.47 Å². The van der Waals surface area contributed by atoms with Crippen LogP contribution in [0, 0.1) is 35.3 Å². The molecule has 3 rings (SSSR count). The molecule has 0 bridgehead atoms. The Morgan fingerprint density at radius 1 is 0.688 bits per heavy atom. The van der Waals surface area contributed by atoms with Crippen molar-refractivity contribution in [2.45, 2.75) is 104 Å². The second-order valence-corrected chi connectivity index (χ2v) is 10.2. The van der Waals surface area contributed by atoms with Gasteiger partial charge in [0.15, 0.2) is 11.5 Å². The number of hydrogen-bond acceptors (Lipinski definition) is 2. The van der Waals surface area contributed by atoms with Gasteiger partial charge in [-0.1, -0.05) is 58.3 Å². The molecule has 0 N–H and O–H groups in total. The van der Waals surface area contributed by atoms with E-state index in [0.29, 0.717) is 13.2 Å². The normalized spacial score (nSPS) is 26.1. The van der Waals surface area contributed by atoms with Gasteiger partial charge in [0.2, 0.25) is 11.6 Å². The minimum absolute atomic E-state index is 0.0139. The molecule has 2 aliphatic rings. The van der Waals surface area contributed by atoms with Gasteiger partial charge < -0.3 is 9.47 Å². The van der Waals surface area contributed by atoms with Gasteiger partial charge in [0, 0.05) is 0 Å². The summed E-state index contributed by atoms with van der Waals surface area (Å²) in [4.78, 5) is 0. The van der Waals surface area contributed by atoms with Crippen molar-refractivity contribution in [3.63, 3.8) is 0 Å². The molecule has 0 aliphatic heterocycles. The van der Waals surface area contributed by atoms with Gasteiger partial charge in [-0.25, -0.2) is 0 Å². The third kappa shape index (κ3) is 7.35. The molecule has 0 atom stereocenters. The molecule has 0 spiro atoms. The van der Waals surface area contributed by atoms with Crippen LogP contribution in [0.1, 0.15) is 104 Å². The summed E-state index contributed by atoms with van der Waals surface area (Å²) in [6.45, 7) is 4.78. The van der Waals surface area contributed by atoms with Gasteiger partial charge in [0.05, 0.1) is 13.2 Å². The van der Waals surface area contributed by atoms with E-state index in [1.165, 1.54) is 89.2 Å². The Morgan fingerprint density at radius 3 is 1.69 bits per heavy atom. The largest absolute Gasteiger partial charge is 0.491 e. The summed E-state index contributed by atoms with van der Waals surface area (Å²) in [6, 6.07) is 2.91. The van der Waals surface area contributed by atoms with Gasteiger partial charge >= 0.3 is 0 Å². The van der Waals surface area contributed by atoms with Gasteiger partial charge in [0.1, 0.15) is 0 Å². The summed E-state index contributed by atoms with van der Waals surface area (Å²) in [7, 11) is 0. The van der Waals surface area contributed by atoms with Gasteiger partial charge in [-0.2, -0.15) is 8.78 Å². The third-order valence-electron chi connectivity index (χ3n) is 7.99. The second kappa shape index (κ2) is 13.4. The molecule has 2 saturated carbocycles. The van der Waals surface area contributed by atoms with Gasteiger partial charge in [0.25, 0.3) is 0 Å². The average Bonchev–Trinajstić information content (AvgIpc) is 2.82. The molecule has 0 heterocycles. The maximum atomic E-state index is 14.1. The zero-order valence-corrected chi connectivity index (χ0v) is 20.4. The molecular formula is C28H44F2O2. The van der Waals surface area contributed by atoms with Crippen molar-refractivity contribution >= 4 is 0 Å². The molecule has 0 amide bonds. The second-order valence-electron chi connectivity index (χ2n) is 10.2. The van der Waals surface area contributed by atoms with Crippen LogP contribution in [0.2, 0.25) is 0 Å². The van der Waals surface area contributed by atoms with E-state index in [0.717, 1.165) is 36.5 Å². The molecule has 2 fully saturated rings. The lowest BCUT2D eigenvalue weighted by Crippen LogP contribution is -2.26. The van der Waals surface area contributed by atoms with Gasteiger partial charge in [-0.15, -0.1) is 0 Å². The summed E-state index contributed by atoms with van der Waals surface area (Å²) in [5.41, 5.74) is 0. The zero-order chi connectivity index (χ0) is 22.8. The highest BCUT2D eigenvalue weighted by Crippen LogP contribution is 2.43. The van der Waals surface area contributed by atoms with Crippen LogP contribution in [-0.2, 0) is 0 Å². The molecule has 1 aromatic carbocycles. The van der Waals surface area contributed by atoms with Crippen LogP contribution in [0.4, 0.5) is 8.78 Å². The summed E-state index contributed by atoms with van der Waals surface area (Å²) in [5, 5.41) is 0. The Morgan fingerprint density at radius 2 is 1.19 bits per heavy atom. The Hall–Kier alpha value is -1.32. The lowest BCUT2D eigenvalue weighted by atomic mass is 9.68.